The molecule has 0 fully saturated rings. The van der Waals surface area contributed by atoms with E-state index in [1.807, 2.05) is 24.3 Å². The molecule has 0 aliphatic carbocycles. The summed E-state index contributed by atoms with van der Waals surface area (Å²) in [6.45, 7) is 4.28. The molecule has 4 heterocycles. The van der Waals surface area contributed by atoms with Gasteiger partial charge in [0.05, 0.1) is 33.6 Å². The van der Waals surface area contributed by atoms with E-state index in [0.29, 0.717) is 24.6 Å². The summed E-state index contributed by atoms with van der Waals surface area (Å²) in [6, 6.07) is 7.69. The molecular formula is C18H16N2O4S2. The Kier molecular flexibility index (Phi) is 4.29. The monoisotopic (exact) mass is 388 g/mol. The molecular weight excluding hydrogens is 372 g/mol. The number of aromatic amines is 2. The lowest BCUT2D eigenvalue weighted by molar-refractivity contribution is 0.0511. The number of thiophene rings is 2. The molecule has 0 radical (unpaired) electrons. The predicted octanol–water partition coefficient (Wildman–Crippen LogP) is 4.79. The first-order chi connectivity index (χ1) is 12.6. The molecule has 134 valence electrons. The van der Waals surface area contributed by atoms with Crippen LogP contribution in [0.5, 0.6) is 0 Å². The van der Waals surface area contributed by atoms with E-state index in [1.165, 1.54) is 0 Å². The molecule has 8 heteroatoms. The molecule has 0 saturated carbocycles. The number of hydrogen-bond acceptors (Lipinski definition) is 6. The Morgan fingerprint density at radius 1 is 0.808 bits per heavy atom. The fourth-order valence-corrected chi connectivity index (χ4v) is 4.91. The van der Waals surface area contributed by atoms with E-state index in [2.05, 4.69) is 9.97 Å². The highest BCUT2D eigenvalue weighted by atomic mass is 32.1. The van der Waals surface area contributed by atoms with Gasteiger partial charge in [-0.05, 0) is 38.1 Å². The van der Waals surface area contributed by atoms with Gasteiger partial charge in [-0.3, -0.25) is 0 Å². The van der Waals surface area contributed by atoms with Gasteiger partial charge in [0.15, 0.2) is 0 Å². The smallest absolute Gasteiger partial charge is 0.354 e. The van der Waals surface area contributed by atoms with Crippen LogP contribution in [-0.4, -0.2) is 35.1 Å². The van der Waals surface area contributed by atoms with E-state index < -0.39 is 0 Å². The van der Waals surface area contributed by atoms with E-state index in [4.69, 9.17) is 9.47 Å². The van der Waals surface area contributed by atoms with Crippen LogP contribution < -0.4 is 0 Å². The van der Waals surface area contributed by atoms with Crippen molar-refractivity contribution in [2.75, 3.05) is 13.2 Å². The molecule has 0 saturated heterocycles. The molecule has 2 N–H and O–H groups in total. The molecule has 0 aromatic carbocycles. The topological polar surface area (TPSA) is 84.2 Å². The highest BCUT2D eigenvalue weighted by Gasteiger charge is 2.16. The van der Waals surface area contributed by atoms with Crippen LogP contribution in [0.4, 0.5) is 0 Å². The Morgan fingerprint density at radius 3 is 1.58 bits per heavy atom. The molecule has 0 aliphatic rings. The molecule has 0 atom stereocenters. The Hall–Kier alpha value is -2.58. The highest BCUT2D eigenvalue weighted by molar-refractivity contribution is 7.28. The number of ether oxygens (including phenoxy) is 2. The first kappa shape index (κ1) is 16.9. The van der Waals surface area contributed by atoms with Crippen molar-refractivity contribution >= 4 is 55.0 Å². The maximum atomic E-state index is 11.8. The number of fused-ring (bicyclic) bond motifs is 2. The Morgan fingerprint density at radius 2 is 1.23 bits per heavy atom. The Balaban J connectivity index is 1.62. The summed E-state index contributed by atoms with van der Waals surface area (Å²) >= 11 is 3.22. The SMILES string of the molecule is CCOC(=O)c1cc2sc(-c3cc4[nH]c(C(=O)OCC)cc4s3)cc2[nH]1. The largest absolute Gasteiger partial charge is 0.461 e. The minimum absolute atomic E-state index is 0.339. The van der Waals surface area contributed by atoms with E-state index in [1.54, 1.807) is 36.5 Å². The molecule has 0 amide bonds. The lowest BCUT2D eigenvalue weighted by atomic mass is 10.3. The van der Waals surface area contributed by atoms with Gasteiger partial charge in [-0.2, -0.15) is 0 Å². The lowest BCUT2D eigenvalue weighted by Gasteiger charge is -1.97. The maximum absolute atomic E-state index is 11.8. The summed E-state index contributed by atoms with van der Waals surface area (Å²) < 4.78 is 12.0. The van der Waals surface area contributed by atoms with Crippen LogP contribution in [0.3, 0.4) is 0 Å². The molecule has 0 spiro atoms. The summed E-state index contributed by atoms with van der Waals surface area (Å²) in [4.78, 5) is 32.0. The number of hydrogen-bond donors (Lipinski definition) is 2. The van der Waals surface area contributed by atoms with Gasteiger partial charge < -0.3 is 19.4 Å². The number of carbonyl (C=O) groups is 2. The van der Waals surface area contributed by atoms with Crippen molar-refractivity contribution in [2.45, 2.75) is 13.8 Å². The zero-order valence-corrected chi connectivity index (χ0v) is 15.8. The van der Waals surface area contributed by atoms with Crippen molar-refractivity contribution in [1.29, 1.82) is 0 Å². The molecule has 4 rings (SSSR count). The second kappa shape index (κ2) is 6.62. The molecule has 0 unspecified atom stereocenters. The van der Waals surface area contributed by atoms with Crippen molar-refractivity contribution in [3.05, 3.63) is 35.7 Å². The van der Waals surface area contributed by atoms with Crippen LogP contribution in [0.25, 0.3) is 30.2 Å². The third-order valence-corrected chi connectivity index (χ3v) is 6.20. The fourth-order valence-electron chi connectivity index (χ4n) is 2.73. The van der Waals surface area contributed by atoms with Crippen molar-refractivity contribution in [3.8, 4) is 9.75 Å². The average molecular weight is 388 g/mol. The number of aromatic nitrogens is 2. The average Bonchev–Trinajstić information content (AvgIpc) is 3.32. The third-order valence-electron chi connectivity index (χ3n) is 3.84. The molecule has 0 aliphatic heterocycles. The van der Waals surface area contributed by atoms with Gasteiger partial charge in [-0.25, -0.2) is 9.59 Å². The van der Waals surface area contributed by atoms with Crippen molar-refractivity contribution in [1.82, 2.24) is 9.97 Å². The van der Waals surface area contributed by atoms with Gasteiger partial charge in [-0.1, -0.05) is 0 Å². The van der Waals surface area contributed by atoms with Crippen LogP contribution in [0.2, 0.25) is 0 Å². The maximum Gasteiger partial charge on any atom is 0.354 e. The van der Waals surface area contributed by atoms with Gasteiger partial charge in [0.2, 0.25) is 0 Å². The van der Waals surface area contributed by atoms with E-state index in [9.17, 15) is 9.59 Å². The Labute approximate surface area is 156 Å². The second-order valence-corrected chi connectivity index (χ2v) is 7.75. The number of carbonyl (C=O) groups excluding carboxylic acids is 2. The van der Waals surface area contributed by atoms with Crippen LogP contribution in [0.15, 0.2) is 24.3 Å². The molecule has 4 aromatic heterocycles. The van der Waals surface area contributed by atoms with Gasteiger partial charge in [-0.15, -0.1) is 22.7 Å². The zero-order valence-electron chi connectivity index (χ0n) is 14.2. The second-order valence-electron chi connectivity index (χ2n) is 5.58. The summed E-state index contributed by atoms with van der Waals surface area (Å²) in [6.07, 6.45) is 0. The number of H-pyrrole nitrogens is 2. The molecule has 6 nitrogen and oxygen atoms in total. The predicted molar refractivity (Wildman–Crippen MR) is 103 cm³/mol. The minimum Gasteiger partial charge on any atom is -0.461 e. The fraction of sp³-hybridized carbons (Fsp3) is 0.222. The highest BCUT2D eigenvalue weighted by Crippen LogP contribution is 2.40. The first-order valence-electron chi connectivity index (χ1n) is 8.18. The summed E-state index contributed by atoms with van der Waals surface area (Å²) in [5.41, 5.74) is 2.77. The Bertz CT molecular complexity index is 963. The van der Waals surface area contributed by atoms with Gasteiger partial charge in [0.25, 0.3) is 0 Å². The van der Waals surface area contributed by atoms with Crippen LogP contribution in [-0.2, 0) is 9.47 Å². The quantitative estimate of drug-likeness (QED) is 0.481. The van der Waals surface area contributed by atoms with Gasteiger partial charge >= 0.3 is 11.9 Å². The molecule has 26 heavy (non-hydrogen) atoms. The molecule has 4 aromatic rings. The number of rotatable bonds is 5. The molecule has 0 bridgehead atoms. The lowest BCUT2D eigenvalue weighted by Crippen LogP contribution is -2.04. The first-order valence-corrected chi connectivity index (χ1v) is 9.82. The van der Waals surface area contributed by atoms with E-state index in [-0.39, 0.29) is 11.9 Å². The van der Waals surface area contributed by atoms with Crippen molar-refractivity contribution in [3.63, 3.8) is 0 Å². The van der Waals surface area contributed by atoms with Crippen LogP contribution in [0, 0.1) is 0 Å². The summed E-state index contributed by atoms with van der Waals surface area (Å²) in [7, 11) is 0. The zero-order chi connectivity index (χ0) is 18.3. The van der Waals surface area contributed by atoms with Gasteiger partial charge in [0, 0.05) is 9.75 Å². The van der Waals surface area contributed by atoms with Crippen molar-refractivity contribution in [2.24, 2.45) is 0 Å². The van der Waals surface area contributed by atoms with E-state index >= 15 is 0 Å². The van der Waals surface area contributed by atoms with Crippen LogP contribution in [0.1, 0.15) is 34.8 Å². The van der Waals surface area contributed by atoms with Crippen molar-refractivity contribution < 1.29 is 19.1 Å². The number of nitrogens with one attached hydrogen (secondary N) is 2. The van der Waals surface area contributed by atoms with Crippen LogP contribution >= 0.6 is 22.7 Å². The number of esters is 2. The normalized spacial score (nSPS) is 11.3. The standard InChI is InChI=1S/C18H16N2O4S2/c1-3-23-17(21)11-7-13-9(19-11)5-15(25-13)16-6-10-14(26-16)8-12(20-10)18(22)24-4-2/h5-8,19-20H,3-4H2,1-2H3. The summed E-state index contributed by atoms with van der Waals surface area (Å²) in [5.74, 6) is -0.679. The minimum atomic E-state index is -0.339. The van der Waals surface area contributed by atoms with E-state index in [0.717, 1.165) is 30.2 Å². The summed E-state index contributed by atoms with van der Waals surface area (Å²) in [5, 5.41) is 0. The van der Waals surface area contributed by atoms with Gasteiger partial charge in [0.1, 0.15) is 11.4 Å². The third kappa shape index (κ3) is 2.91.